The summed E-state index contributed by atoms with van der Waals surface area (Å²) in [5.41, 5.74) is 7.49. The Morgan fingerprint density at radius 2 is 2.05 bits per heavy atom. The smallest absolute Gasteiger partial charge is 0.0476 e. The number of likely N-dealkylation sites (tertiary alicyclic amines) is 1. The summed E-state index contributed by atoms with van der Waals surface area (Å²) in [6, 6.07) is 9.04. The van der Waals surface area contributed by atoms with Crippen LogP contribution in [0.15, 0.2) is 24.3 Å². The molecule has 1 fully saturated rings. The van der Waals surface area contributed by atoms with Crippen LogP contribution in [-0.4, -0.2) is 48.6 Å². The van der Waals surface area contributed by atoms with E-state index in [-0.39, 0.29) is 5.54 Å². The van der Waals surface area contributed by atoms with Crippen molar-refractivity contribution in [1.82, 2.24) is 9.80 Å². The van der Waals surface area contributed by atoms with Crippen molar-refractivity contribution in [3.63, 3.8) is 0 Å². The summed E-state index contributed by atoms with van der Waals surface area (Å²) in [5.74, 6) is 0. The first kappa shape index (κ1) is 15.8. The molecule has 0 radical (unpaired) electrons. The Balaban J connectivity index is 2.20. The maximum absolute atomic E-state index is 6.14. The second-order valence-corrected chi connectivity index (χ2v) is 6.67. The first-order valence-electron chi connectivity index (χ1n) is 7.28. The minimum Gasteiger partial charge on any atom is -0.329 e. The van der Waals surface area contributed by atoms with Crippen LogP contribution in [0.4, 0.5) is 0 Å². The lowest BCUT2D eigenvalue weighted by Gasteiger charge is -2.42. The van der Waals surface area contributed by atoms with Crippen molar-refractivity contribution < 1.29 is 0 Å². The van der Waals surface area contributed by atoms with Gasteiger partial charge >= 0.3 is 0 Å². The molecule has 3 unspecified atom stereocenters. The molecule has 0 saturated carbocycles. The fourth-order valence-corrected chi connectivity index (χ4v) is 3.44. The first-order valence-corrected chi connectivity index (χ1v) is 7.66. The highest BCUT2D eigenvalue weighted by molar-refractivity contribution is 6.30. The summed E-state index contributed by atoms with van der Waals surface area (Å²) in [4.78, 5) is 4.84. The summed E-state index contributed by atoms with van der Waals surface area (Å²) in [5, 5.41) is 0.784. The highest BCUT2D eigenvalue weighted by atomic mass is 35.5. The normalized spacial score (nSPS) is 29.1. The second-order valence-electron chi connectivity index (χ2n) is 6.24. The van der Waals surface area contributed by atoms with Crippen molar-refractivity contribution in [2.75, 3.05) is 27.2 Å². The van der Waals surface area contributed by atoms with Gasteiger partial charge in [-0.05, 0) is 52.1 Å². The van der Waals surface area contributed by atoms with Gasteiger partial charge < -0.3 is 10.6 Å². The number of rotatable bonds is 4. The Hall–Kier alpha value is -0.610. The molecule has 0 amide bonds. The van der Waals surface area contributed by atoms with Crippen LogP contribution in [0.25, 0.3) is 0 Å². The van der Waals surface area contributed by atoms with Gasteiger partial charge in [-0.2, -0.15) is 0 Å². The molecule has 1 aromatic carbocycles. The highest BCUT2D eigenvalue weighted by Crippen LogP contribution is 2.35. The molecule has 1 aliphatic rings. The number of benzene rings is 1. The summed E-state index contributed by atoms with van der Waals surface area (Å²) >= 11 is 5.98. The third kappa shape index (κ3) is 2.86. The first-order chi connectivity index (χ1) is 9.39. The van der Waals surface area contributed by atoms with Gasteiger partial charge in [0.1, 0.15) is 0 Å². The van der Waals surface area contributed by atoms with E-state index in [4.69, 9.17) is 17.3 Å². The fourth-order valence-electron chi connectivity index (χ4n) is 3.31. The van der Waals surface area contributed by atoms with Crippen LogP contribution in [-0.2, 0) is 0 Å². The molecule has 2 N–H and O–H groups in total. The van der Waals surface area contributed by atoms with Crippen LogP contribution < -0.4 is 5.73 Å². The van der Waals surface area contributed by atoms with E-state index in [2.05, 4.69) is 49.9 Å². The number of halogens is 1. The van der Waals surface area contributed by atoms with Crippen LogP contribution >= 0.6 is 11.6 Å². The molecule has 1 heterocycles. The van der Waals surface area contributed by atoms with Crippen molar-refractivity contribution in [2.45, 2.75) is 37.9 Å². The quantitative estimate of drug-likeness (QED) is 0.927. The summed E-state index contributed by atoms with van der Waals surface area (Å²) < 4.78 is 0. The molecule has 20 heavy (non-hydrogen) atoms. The van der Waals surface area contributed by atoms with E-state index < -0.39 is 0 Å². The van der Waals surface area contributed by atoms with E-state index in [1.807, 2.05) is 12.1 Å². The topological polar surface area (TPSA) is 32.5 Å². The predicted octanol–water partition coefficient (Wildman–Crippen LogP) is 2.75. The van der Waals surface area contributed by atoms with Gasteiger partial charge in [-0.25, -0.2) is 0 Å². The summed E-state index contributed by atoms with van der Waals surface area (Å²) in [6.07, 6.45) is 1.12. The molecular formula is C16H26ClN3. The molecule has 4 heteroatoms. The number of nitrogens with zero attached hydrogens (tertiary/aromatic N) is 2. The molecule has 0 aliphatic carbocycles. The van der Waals surface area contributed by atoms with Crippen molar-refractivity contribution in [1.29, 1.82) is 0 Å². The zero-order chi connectivity index (χ0) is 14.9. The SMILES string of the molecule is CC1CC(CN)(N(C)C(C)c2ccc(Cl)cc2)CN1C. The van der Waals surface area contributed by atoms with Gasteiger partial charge in [-0.3, -0.25) is 4.90 Å². The molecule has 0 bridgehead atoms. The summed E-state index contributed by atoms with van der Waals surface area (Å²) in [6.45, 7) is 6.23. The Morgan fingerprint density at radius 1 is 1.45 bits per heavy atom. The van der Waals surface area contributed by atoms with Crippen molar-refractivity contribution in [3.8, 4) is 0 Å². The van der Waals surface area contributed by atoms with Crippen LogP contribution in [0, 0.1) is 0 Å². The fraction of sp³-hybridized carbons (Fsp3) is 0.625. The monoisotopic (exact) mass is 295 g/mol. The number of hydrogen-bond donors (Lipinski definition) is 1. The van der Waals surface area contributed by atoms with E-state index >= 15 is 0 Å². The zero-order valence-corrected chi connectivity index (χ0v) is 13.7. The summed E-state index contributed by atoms with van der Waals surface area (Å²) in [7, 11) is 4.38. The predicted molar refractivity (Wildman–Crippen MR) is 86.1 cm³/mol. The van der Waals surface area contributed by atoms with Crippen LogP contribution in [0.5, 0.6) is 0 Å². The van der Waals surface area contributed by atoms with Crippen LogP contribution in [0.1, 0.15) is 31.9 Å². The lowest BCUT2D eigenvalue weighted by Crippen LogP contribution is -2.54. The third-order valence-electron chi connectivity index (χ3n) is 5.03. The van der Waals surface area contributed by atoms with Crippen LogP contribution in [0.3, 0.4) is 0 Å². The van der Waals surface area contributed by atoms with Gasteiger partial charge in [0.25, 0.3) is 0 Å². The Bertz CT molecular complexity index is 436. The zero-order valence-electron chi connectivity index (χ0n) is 12.9. The maximum Gasteiger partial charge on any atom is 0.0476 e. The molecule has 3 nitrogen and oxygen atoms in total. The Morgan fingerprint density at radius 3 is 2.50 bits per heavy atom. The van der Waals surface area contributed by atoms with Crippen LogP contribution in [0.2, 0.25) is 5.02 Å². The molecule has 1 aromatic rings. The molecule has 1 aliphatic heterocycles. The molecule has 2 rings (SSSR count). The average molecular weight is 296 g/mol. The van der Waals surface area contributed by atoms with Gasteiger partial charge in [0.05, 0.1) is 0 Å². The molecule has 112 valence electrons. The molecular weight excluding hydrogens is 270 g/mol. The van der Waals surface area contributed by atoms with Gasteiger partial charge in [0, 0.05) is 35.7 Å². The van der Waals surface area contributed by atoms with Crippen molar-refractivity contribution in [3.05, 3.63) is 34.9 Å². The van der Waals surface area contributed by atoms with E-state index in [1.54, 1.807) is 0 Å². The second kappa shape index (κ2) is 6.02. The minimum absolute atomic E-state index is 0.0627. The van der Waals surface area contributed by atoms with E-state index in [1.165, 1.54) is 5.56 Å². The van der Waals surface area contributed by atoms with E-state index in [0.717, 1.165) is 18.0 Å². The lowest BCUT2D eigenvalue weighted by molar-refractivity contribution is 0.0920. The Labute approximate surface area is 127 Å². The van der Waals surface area contributed by atoms with Gasteiger partial charge in [-0.1, -0.05) is 23.7 Å². The van der Waals surface area contributed by atoms with Crippen molar-refractivity contribution in [2.24, 2.45) is 5.73 Å². The number of nitrogens with two attached hydrogens (primary N) is 1. The van der Waals surface area contributed by atoms with Gasteiger partial charge in [0.2, 0.25) is 0 Å². The number of likely N-dealkylation sites (N-methyl/N-ethyl adjacent to an activating group) is 2. The van der Waals surface area contributed by atoms with Gasteiger partial charge in [-0.15, -0.1) is 0 Å². The molecule has 0 spiro atoms. The minimum atomic E-state index is 0.0627. The van der Waals surface area contributed by atoms with E-state index in [9.17, 15) is 0 Å². The van der Waals surface area contributed by atoms with E-state index in [0.29, 0.717) is 18.6 Å². The largest absolute Gasteiger partial charge is 0.329 e. The Kier molecular flexibility index (Phi) is 4.75. The molecule has 3 atom stereocenters. The lowest BCUT2D eigenvalue weighted by atomic mass is 9.91. The molecule has 1 saturated heterocycles. The highest BCUT2D eigenvalue weighted by Gasteiger charge is 2.44. The standard InChI is InChI=1S/C16H26ClN3/c1-12-9-16(10-18,11-19(12)3)20(4)13(2)14-5-7-15(17)8-6-14/h5-8,12-13H,9-11,18H2,1-4H3. The van der Waals surface area contributed by atoms with Gasteiger partial charge in [0.15, 0.2) is 0 Å². The third-order valence-corrected chi connectivity index (χ3v) is 5.29. The number of hydrogen-bond acceptors (Lipinski definition) is 3. The maximum atomic E-state index is 6.14. The molecule has 0 aromatic heterocycles. The average Bonchev–Trinajstić information content (AvgIpc) is 2.74. The van der Waals surface area contributed by atoms with Crippen molar-refractivity contribution >= 4 is 11.6 Å².